The molecule has 125 heavy (non-hydrogen) atoms. The summed E-state index contributed by atoms with van der Waals surface area (Å²) in [4.78, 5) is 143. The second kappa shape index (κ2) is 43.1. The molecule has 0 spiro atoms. The van der Waals surface area contributed by atoms with Crippen LogP contribution in [0.3, 0.4) is 0 Å². The van der Waals surface area contributed by atoms with E-state index in [1.807, 2.05) is 18.2 Å². The highest BCUT2D eigenvalue weighted by molar-refractivity contribution is 5.93. The molecular weight excluding hydrogens is 1630 g/mol. The average Bonchev–Trinajstić information content (AvgIpc) is 0.755. The van der Waals surface area contributed by atoms with Crippen LogP contribution in [0.5, 0.6) is 0 Å². The van der Waals surface area contributed by atoms with Crippen molar-refractivity contribution in [3.05, 3.63) is 287 Å². The van der Waals surface area contributed by atoms with E-state index in [1.54, 1.807) is 146 Å². The van der Waals surface area contributed by atoms with Crippen molar-refractivity contribution < 1.29 is 153 Å². The zero-order valence-corrected chi connectivity index (χ0v) is 68.9. The number of aliphatic hydroxyl groups is 1. The van der Waals surface area contributed by atoms with Gasteiger partial charge in [-0.15, -0.1) is 0 Å². The van der Waals surface area contributed by atoms with Crippen LogP contribution in [-0.2, 0) is 132 Å². The van der Waals surface area contributed by atoms with Crippen LogP contribution in [0.1, 0.15) is 122 Å². The van der Waals surface area contributed by atoms with E-state index in [0.717, 1.165) is 27.7 Å². The van der Waals surface area contributed by atoms with E-state index in [4.69, 9.17) is 99.5 Å². The summed E-state index contributed by atoms with van der Waals surface area (Å²) in [6, 6.07) is 63.8. The molecule has 0 saturated carbocycles. The van der Waals surface area contributed by atoms with Gasteiger partial charge in [-0.3, -0.25) is 19.2 Å². The lowest BCUT2D eigenvalue weighted by Gasteiger charge is -2.51. The van der Waals surface area contributed by atoms with Crippen molar-refractivity contribution >= 4 is 59.7 Å². The monoisotopic (exact) mass is 1720 g/mol. The molecule has 8 aromatic rings. The van der Waals surface area contributed by atoms with Crippen LogP contribution in [0.4, 0.5) is 0 Å². The van der Waals surface area contributed by atoms with Crippen molar-refractivity contribution in [1.29, 1.82) is 0 Å². The highest BCUT2D eigenvalue weighted by Crippen LogP contribution is 2.42. The highest BCUT2D eigenvalue weighted by Gasteiger charge is 2.62. The van der Waals surface area contributed by atoms with Gasteiger partial charge in [-0.2, -0.15) is 0 Å². The minimum Gasteiger partial charge on any atom is -0.463 e. The molecule has 5 aliphatic heterocycles. The lowest BCUT2D eigenvalue weighted by molar-refractivity contribution is -0.398. The first-order valence-electron chi connectivity index (χ1n) is 40.5. The Bertz CT molecular complexity index is 4850. The number of esters is 10. The Morgan fingerprint density at radius 3 is 0.952 bits per heavy atom. The van der Waals surface area contributed by atoms with Crippen LogP contribution in [0.2, 0.25) is 0 Å². The fraction of sp³-hybridized carbons (Fsp3) is 0.376. The van der Waals surface area contributed by atoms with Crippen molar-refractivity contribution in [2.45, 2.75) is 209 Å². The topological polar surface area (TPSA) is 385 Å². The number of ether oxygens (including phenoxy) is 21. The number of hydrogen-bond acceptors (Lipinski definition) is 32. The van der Waals surface area contributed by atoms with E-state index in [-0.39, 0.29) is 46.6 Å². The Kier molecular flexibility index (Phi) is 31.2. The molecule has 13 rings (SSSR count). The van der Waals surface area contributed by atoms with Gasteiger partial charge in [0.05, 0.1) is 71.5 Å². The van der Waals surface area contributed by atoms with Crippen molar-refractivity contribution in [2.75, 3.05) is 13.2 Å². The van der Waals surface area contributed by atoms with Gasteiger partial charge in [0.25, 0.3) is 0 Å². The van der Waals surface area contributed by atoms with Crippen LogP contribution in [0.25, 0.3) is 0 Å². The molecule has 24 atom stereocenters. The normalized spacial score (nSPS) is 28.9. The lowest BCUT2D eigenvalue weighted by Crippen LogP contribution is -2.68. The van der Waals surface area contributed by atoms with Crippen molar-refractivity contribution in [2.24, 2.45) is 0 Å². The SMILES string of the molecule is CC(=O)OC[C@H]1O[C@H](O[C@@H]2CO[C@@H](O[C@@H]3[C@@H](OCc4ccccc4)[C@@H](O)O[C@H](C)[C@H]3OCc3ccccc3)[C@H](O[C@@H]3O[C@H](C)[C@@H](OC(=O)c4ccccc4)[C@H](OC(=O)c4ccccc4)[C@H]3OC(=O)c3ccccc3)[C@H]2OC(C)=O)[C@H](O[C@@H]2O[C@H](C)[C@H](OC(=O)c3ccccc3)[C@H](OC(=O)c3ccccc3)[C@H]2OC(=O)c2ccccc2)[C@@H](OC(C)=O)[C@H]1OC(C)=O. The van der Waals surface area contributed by atoms with Gasteiger partial charge in [-0.05, 0) is 105 Å². The predicted octanol–water partition coefficient (Wildman–Crippen LogP) is 9.72. The summed E-state index contributed by atoms with van der Waals surface area (Å²) in [6.07, 6.45) is -43.6. The minimum atomic E-state index is -2.22. The van der Waals surface area contributed by atoms with Gasteiger partial charge in [0, 0.05) is 27.7 Å². The molecular formula is C93H94O32. The van der Waals surface area contributed by atoms with Gasteiger partial charge in [-0.1, -0.05) is 170 Å². The quantitative estimate of drug-likeness (QED) is 0.0312. The van der Waals surface area contributed by atoms with Gasteiger partial charge >= 0.3 is 59.7 Å². The van der Waals surface area contributed by atoms with Crippen LogP contribution >= 0.6 is 0 Å². The van der Waals surface area contributed by atoms with E-state index < -0.39 is 220 Å². The molecule has 5 aliphatic rings. The maximum atomic E-state index is 15.0. The third kappa shape index (κ3) is 23.5. The Balaban J connectivity index is 0.965. The maximum absolute atomic E-state index is 15.0. The summed E-state index contributed by atoms with van der Waals surface area (Å²) in [5.41, 5.74) is 1.27. The first-order chi connectivity index (χ1) is 60.4. The molecule has 0 radical (unpaired) electrons. The van der Waals surface area contributed by atoms with E-state index in [0.29, 0.717) is 11.1 Å². The molecule has 5 fully saturated rings. The minimum absolute atomic E-state index is 0.0130. The Morgan fingerprint density at radius 1 is 0.288 bits per heavy atom. The smallest absolute Gasteiger partial charge is 0.338 e. The summed E-state index contributed by atoms with van der Waals surface area (Å²) in [5, 5.41) is 12.2. The molecule has 0 aromatic heterocycles. The van der Waals surface area contributed by atoms with Crippen LogP contribution in [0, 0.1) is 0 Å². The average molecular weight is 1720 g/mol. The molecule has 0 unspecified atom stereocenters. The summed E-state index contributed by atoms with van der Waals surface area (Å²) in [6.45, 7) is 6.69. The molecule has 8 aromatic carbocycles. The van der Waals surface area contributed by atoms with Crippen LogP contribution < -0.4 is 0 Å². The Labute approximate surface area is 718 Å². The van der Waals surface area contributed by atoms with Gasteiger partial charge in [0.15, 0.2) is 98.6 Å². The third-order valence-electron chi connectivity index (χ3n) is 20.8. The zero-order chi connectivity index (χ0) is 88.2. The Morgan fingerprint density at radius 2 is 0.584 bits per heavy atom. The van der Waals surface area contributed by atoms with Gasteiger partial charge in [-0.25, -0.2) is 28.8 Å². The molecule has 0 amide bonds. The van der Waals surface area contributed by atoms with Gasteiger partial charge < -0.3 is 105 Å². The first-order valence-corrected chi connectivity index (χ1v) is 40.5. The number of carbonyl (C=O) groups excluding carboxylic acids is 10. The van der Waals surface area contributed by atoms with Crippen molar-refractivity contribution in [3.63, 3.8) is 0 Å². The fourth-order valence-electron chi connectivity index (χ4n) is 14.9. The zero-order valence-electron chi connectivity index (χ0n) is 68.9. The second-order valence-corrected chi connectivity index (χ2v) is 29.8. The highest BCUT2D eigenvalue weighted by atomic mass is 16.8. The number of aliphatic hydroxyl groups excluding tert-OH is 1. The summed E-state index contributed by atoms with van der Waals surface area (Å²) in [7, 11) is 0. The molecule has 32 heteroatoms. The standard InChI is InChI=1S/C93H94O32/c1-52-69(106-48-59-32-16-8-17-33-59)74(78(89(104)109-52)107-49-60-34-18-9-19-35-60)123-90-79(124-91-80(121-87(102)65-44-28-14-29-45-65)75(119-85(100)63-40-24-12-25-41-63)70(53(2)110-91)117-83(98)61-36-20-10-21-37-61)73(113-57(6)96)68(51-108-90)116-93-82(77(114-58(7)97)72(112-56(5)95)67(115-93)50-105-55(4)94)125-92-81(122-88(103)66-46-30-15-31-47-66)76(120-86(101)64-42-26-13-27-43-64)71(54(3)111-92)118-84(99)62-38-22-11-23-39-62/h8-47,52-54,67-82,89-93,104H,48-51H2,1-7H3/t52-,53-,54-,67-,68-,69-,70-,71+,72+,73+,74+,75+,76+,77+,78-,79-,80-,81-,82-,89+,90+,91+,92+,93-/m1/s1. The fourth-order valence-corrected chi connectivity index (χ4v) is 14.9. The summed E-state index contributed by atoms with van der Waals surface area (Å²) >= 11 is 0. The first kappa shape index (κ1) is 90.7. The second-order valence-electron chi connectivity index (χ2n) is 29.8. The molecule has 0 bridgehead atoms. The lowest BCUT2D eigenvalue weighted by atomic mass is 9.95. The largest absolute Gasteiger partial charge is 0.463 e. The summed E-state index contributed by atoms with van der Waals surface area (Å²) in [5.74, 6) is -10.1. The number of rotatable bonds is 31. The number of carbonyl (C=O) groups is 10. The predicted molar refractivity (Wildman–Crippen MR) is 430 cm³/mol. The number of hydrogen-bond donors (Lipinski definition) is 1. The van der Waals surface area contributed by atoms with E-state index in [2.05, 4.69) is 0 Å². The molecule has 658 valence electrons. The summed E-state index contributed by atoms with van der Waals surface area (Å²) < 4.78 is 138. The molecule has 5 heterocycles. The maximum Gasteiger partial charge on any atom is 0.338 e. The Hall–Kier alpha value is -12.0. The van der Waals surface area contributed by atoms with Crippen LogP contribution in [0.15, 0.2) is 243 Å². The van der Waals surface area contributed by atoms with E-state index in [9.17, 15) is 48.3 Å². The molecule has 1 N–H and O–H groups in total. The molecule has 5 saturated heterocycles. The molecule has 32 nitrogen and oxygen atoms in total. The van der Waals surface area contributed by atoms with Gasteiger partial charge in [0.1, 0.15) is 37.1 Å². The molecule has 0 aliphatic carbocycles. The van der Waals surface area contributed by atoms with Crippen molar-refractivity contribution in [1.82, 2.24) is 0 Å². The van der Waals surface area contributed by atoms with Crippen LogP contribution in [-0.4, -0.2) is 225 Å². The van der Waals surface area contributed by atoms with E-state index in [1.165, 1.54) is 98.8 Å². The van der Waals surface area contributed by atoms with E-state index >= 15 is 4.79 Å². The van der Waals surface area contributed by atoms with Crippen molar-refractivity contribution in [3.8, 4) is 0 Å². The number of benzene rings is 8. The third-order valence-corrected chi connectivity index (χ3v) is 20.8. The van der Waals surface area contributed by atoms with Gasteiger partial charge in [0.2, 0.25) is 0 Å².